The van der Waals surface area contributed by atoms with Crippen molar-refractivity contribution < 1.29 is 14.3 Å². The zero-order chi connectivity index (χ0) is 22.8. The van der Waals surface area contributed by atoms with Gasteiger partial charge < -0.3 is 9.64 Å². The number of carbonyl (C=O) groups is 2. The predicted molar refractivity (Wildman–Crippen MR) is 128 cm³/mol. The van der Waals surface area contributed by atoms with Crippen LogP contribution < -0.4 is 0 Å². The summed E-state index contributed by atoms with van der Waals surface area (Å²) in [6, 6.07) is 24.5. The second-order valence-corrected chi connectivity index (χ2v) is 8.37. The normalized spacial score (nSPS) is 12.9. The lowest BCUT2D eigenvalue weighted by Gasteiger charge is -2.28. The van der Waals surface area contributed by atoms with Crippen LogP contribution in [0.2, 0.25) is 5.02 Å². The van der Waals surface area contributed by atoms with Crippen LogP contribution in [0.15, 0.2) is 78.9 Å². The number of fused-ring (bicyclic) bond motifs is 2. The highest BCUT2D eigenvalue weighted by molar-refractivity contribution is 6.33. The largest absolute Gasteiger partial charge is 0.452 e. The van der Waals surface area contributed by atoms with Gasteiger partial charge in [0.05, 0.1) is 16.8 Å². The molecule has 1 aromatic heterocycles. The molecule has 0 fully saturated rings. The number of amides is 1. The van der Waals surface area contributed by atoms with Crippen LogP contribution in [0.1, 0.15) is 21.5 Å². The Morgan fingerprint density at radius 1 is 0.939 bits per heavy atom. The molecule has 1 amide bonds. The minimum absolute atomic E-state index is 0.206. The average molecular weight is 457 g/mol. The highest BCUT2D eigenvalue weighted by Crippen LogP contribution is 2.30. The van der Waals surface area contributed by atoms with Crippen molar-refractivity contribution >= 4 is 34.4 Å². The highest BCUT2D eigenvalue weighted by atomic mass is 35.5. The molecule has 2 heterocycles. The van der Waals surface area contributed by atoms with Crippen molar-refractivity contribution in [1.82, 2.24) is 9.88 Å². The van der Waals surface area contributed by atoms with Gasteiger partial charge in [0.2, 0.25) is 0 Å². The van der Waals surface area contributed by atoms with E-state index in [-0.39, 0.29) is 12.5 Å². The van der Waals surface area contributed by atoms with E-state index in [1.54, 1.807) is 17.0 Å². The van der Waals surface area contributed by atoms with E-state index in [1.165, 1.54) is 5.56 Å². The standard InChI is InChI=1S/C27H21ClN2O3/c28-23-11-5-3-10-21(23)25-15-22(20-9-4-6-12-24(20)29-25)27(32)33-17-26(31)30-14-13-18-7-1-2-8-19(18)16-30/h1-12,15H,13-14,16-17H2. The smallest absolute Gasteiger partial charge is 0.339 e. The SMILES string of the molecule is O=C(OCC(=O)N1CCc2ccccc2C1)c1cc(-c2ccccc2Cl)nc2ccccc12. The van der Waals surface area contributed by atoms with Gasteiger partial charge in [-0.3, -0.25) is 4.79 Å². The number of hydrogen-bond acceptors (Lipinski definition) is 4. The van der Waals surface area contributed by atoms with Crippen molar-refractivity contribution in [3.05, 3.63) is 101 Å². The Morgan fingerprint density at radius 2 is 1.67 bits per heavy atom. The quantitative estimate of drug-likeness (QED) is 0.391. The van der Waals surface area contributed by atoms with Crippen LogP contribution in [0.3, 0.4) is 0 Å². The van der Waals surface area contributed by atoms with Gasteiger partial charge >= 0.3 is 5.97 Å². The number of hydrogen-bond donors (Lipinski definition) is 0. The van der Waals surface area contributed by atoms with Gasteiger partial charge in [-0.05, 0) is 35.7 Å². The number of para-hydroxylation sites is 1. The molecule has 0 spiro atoms. The summed E-state index contributed by atoms with van der Waals surface area (Å²) < 4.78 is 5.47. The third-order valence-electron chi connectivity index (χ3n) is 5.90. The van der Waals surface area contributed by atoms with Crippen molar-refractivity contribution in [3.8, 4) is 11.3 Å². The Morgan fingerprint density at radius 3 is 2.52 bits per heavy atom. The summed E-state index contributed by atoms with van der Waals surface area (Å²) in [5.74, 6) is -0.768. The van der Waals surface area contributed by atoms with E-state index in [4.69, 9.17) is 16.3 Å². The van der Waals surface area contributed by atoms with E-state index in [1.807, 2.05) is 60.7 Å². The van der Waals surface area contributed by atoms with Crippen LogP contribution in [0.25, 0.3) is 22.2 Å². The topological polar surface area (TPSA) is 59.5 Å². The molecule has 0 saturated carbocycles. The number of benzene rings is 3. The zero-order valence-electron chi connectivity index (χ0n) is 17.8. The number of esters is 1. The van der Waals surface area contributed by atoms with Crippen molar-refractivity contribution in [1.29, 1.82) is 0 Å². The molecule has 1 aliphatic heterocycles. The lowest BCUT2D eigenvalue weighted by Crippen LogP contribution is -2.38. The van der Waals surface area contributed by atoms with E-state index in [9.17, 15) is 9.59 Å². The summed E-state index contributed by atoms with van der Waals surface area (Å²) in [7, 11) is 0. The number of ether oxygens (including phenoxy) is 1. The molecule has 0 aliphatic carbocycles. The first-order valence-corrected chi connectivity index (χ1v) is 11.1. The minimum Gasteiger partial charge on any atom is -0.452 e. The number of carbonyl (C=O) groups excluding carboxylic acids is 2. The maximum Gasteiger partial charge on any atom is 0.339 e. The van der Waals surface area contributed by atoms with E-state index in [2.05, 4.69) is 11.1 Å². The first-order chi connectivity index (χ1) is 16.1. The molecule has 3 aromatic carbocycles. The number of aromatic nitrogens is 1. The number of halogens is 1. The van der Waals surface area contributed by atoms with Gasteiger partial charge in [-0.2, -0.15) is 0 Å². The summed E-state index contributed by atoms with van der Waals surface area (Å²) in [5, 5.41) is 1.21. The minimum atomic E-state index is -0.562. The molecule has 0 atom stereocenters. The molecular formula is C27H21ClN2O3. The van der Waals surface area contributed by atoms with E-state index >= 15 is 0 Å². The van der Waals surface area contributed by atoms with Crippen LogP contribution in [0, 0.1) is 0 Å². The summed E-state index contributed by atoms with van der Waals surface area (Å²) in [6.07, 6.45) is 0.798. The Balaban J connectivity index is 1.37. The third-order valence-corrected chi connectivity index (χ3v) is 6.23. The van der Waals surface area contributed by atoms with Crippen molar-refractivity contribution in [2.75, 3.05) is 13.2 Å². The van der Waals surface area contributed by atoms with E-state index < -0.39 is 5.97 Å². The molecule has 164 valence electrons. The van der Waals surface area contributed by atoms with Gasteiger partial charge in [0, 0.05) is 29.1 Å². The molecule has 4 aromatic rings. The summed E-state index contributed by atoms with van der Waals surface area (Å²) in [5.41, 5.74) is 4.70. The molecule has 33 heavy (non-hydrogen) atoms. The Hall–Kier alpha value is -3.70. The molecule has 6 heteroatoms. The van der Waals surface area contributed by atoms with Gasteiger partial charge in [0.15, 0.2) is 6.61 Å². The molecule has 0 unspecified atom stereocenters. The van der Waals surface area contributed by atoms with Gasteiger partial charge in [-0.25, -0.2) is 9.78 Å². The van der Waals surface area contributed by atoms with Crippen LogP contribution in [-0.2, 0) is 22.5 Å². The summed E-state index contributed by atoms with van der Waals surface area (Å²) in [6.45, 7) is 0.836. The molecule has 0 saturated heterocycles. The average Bonchev–Trinajstić information content (AvgIpc) is 2.86. The number of rotatable bonds is 4. The first-order valence-electron chi connectivity index (χ1n) is 10.8. The van der Waals surface area contributed by atoms with Gasteiger partial charge in [-0.1, -0.05) is 72.3 Å². The molecule has 5 rings (SSSR count). The zero-order valence-corrected chi connectivity index (χ0v) is 18.6. The molecule has 1 aliphatic rings. The van der Waals surface area contributed by atoms with E-state index in [0.717, 1.165) is 17.5 Å². The number of pyridine rings is 1. The fourth-order valence-corrected chi connectivity index (χ4v) is 4.39. The van der Waals surface area contributed by atoms with Crippen molar-refractivity contribution in [2.24, 2.45) is 0 Å². The summed E-state index contributed by atoms with van der Waals surface area (Å²) in [4.78, 5) is 32.2. The van der Waals surface area contributed by atoms with E-state index in [0.29, 0.717) is 40.3 Å². The second-order valence-electron chi connectivity index (χ2n) is 7.96. The van der Waals surface area contributed by atoms with Crippen LogP contribution >= 0.6 is 11.6 Å². The molecule has 5 nitrogen and oxygen atoms in total. The Bertz CT molecular complexity index is 1370. The third kappa shape index (κ3) is 4.32. The van der Waals surface area contributed by atoms with Gasteiger partial charge in [0.1, 0.15) is 0 Å². The van der Waals surface area contributed by atoms with Crippen LogP contribution in [0.5, 0.6) is 0 Å². The molecule has 0 N–H and O–H groups in total. The number of nitrogens with zero attached hydrogens (tertiary/aromatic N) is 2. The lowest BCUT2D eigenvalue weighted by molar-refractivity contribution is -0.135. The Kier molecular flexibility index (Phi) is 5.80. The highest BCUT2D eigenvalue weighted by Gasteiger charge is 2.23. The summed E-state index contributed by atoms with van der Waals surface area (Å²) >= 11 is 6.36. The predicted octanol–water partition coefficient (Wildman–Crippen LogP) is 5.30. The monoisotopic (exact) mass is 456 g/mol. The Labute approximate surface area is 196 Å². The van der Waals surface area contributed by atoms with Crippen molar-refractivity contribution in [2.45, 2.75) is 13.0 Å². The first kappa shape index (κ1) is 21.2. The second kappa shape index (κ2) is 9.04. The lowest BCUT2D eigenvalue weighted by atomic mass is 10.00. The van der Waals surface area contributed by atoms with Gasteiger partial charge in [-0.15, -0.1) is 0 Å². The maximum atomic E-state index is 13.1. The molecule has 0 radical (unpaired) electrons. The van der Waals surface area contributed by atoms with Crippen LogP contribution in [0.4, 0.5) is 0 Å². The van der Waals surface area contributed by atoms with Crippen molar-refractivity contribution in [3.63, 3.8) is 0 Å². The fraction of sp³-hybridized carbons (Fsp3) is 0.148. The van der Waals surface area contributed by atoms with Crippen LogP contribution in [-0.4, -0.2) is 34.9 Å². The fourth-order valence-electron chi connectivity index (χ4n) is 4.16. The molecule has 0 bridgehead atoms. The van der Waals surface area contributed by atoms with Gasteiger partial charge in [0.25, 0.3) is 5.91 Å². The maximum absolute atomic E-state index is 13.1. The molecular weight excluding hydrogens is 436 g/mol.